The van der Waals surface area contributed by atoms with Crippen molar-refractivity contribution < 1.29 is 14.6 Å². The van der Waals surface area contributed by atoms with Crippen LogP contribution in [0.4, 0.5) is 0 Å². The van der Waals surface area contributed by atoms with Crippen molar-refractivity contribution in [3.05, 3.63) is 34.0 Å². The van der Waals surface area contributed by atoms with E-state index in [1.807, 2.05) is 10.2 Å². The molecule has 0 aromatic rings. The van der Waals surface area contributed by atoms with E-state index in [2.05, 4.69) is 27.3 Å². The van der Waals surface area contributed by atoms with E-state index in [0.29, 0.717) is 6.42 Å². The number of esters is 1. The number of hydrogen-bond acceptors (Lipinski definition) is 3. The van der Waals surface area contributed by atoms with E-state index >= 15 is 0 Å². The second kappa shape index (κ2) is 8.67. The van der Waals surface area contributed by atoms with Crippen LogP contribution >= 0.6 is 22.6 Å². The zero-order valence-electron chi connectivity index (χ0n) is 8.81. The number of ether oxygens (including phenoxy) is 1. The van der Waals surface area contributed by atoms with Gasteiger partial charge in [0.1, 0.15) is 0 Å². The number of carbonyl (C=O) groups is 1. The van der Waals surface area contributed by atoms with Gasteiger partial charge in [-0.3, -0.25) is 0 Å². The van der Waals surface area contributed by atoms with E-state index in [1.165, 1.54) is 13.2 Å². The van der Waals surface area contributed by atoms with Gasteiger partial charge < -0.3 is 9.84 Å². The van der Waals surface area contributed by atoms with Crippen LogP contribution in [0.2, 0.25) is 0 Å². The summed E-state index contributed by atoms with van der Waals surface area (Å²) in [6.07, 6.45) is 6.50. The SMILES string of the molecule is COC(=O)/C=C(\C)C[C@@H](O)/C=C/C=C/I. The first-order valence-electron chi connectivity index (χ1n) is 4.47. The van der Waals surface area contributed by atoms with E-state index in [9.17, 15) is 9.90 Å². The summed E-state index contributed by atoms with van der Waals surface area (Å²) >= 11 is 2.09. The van der Waals surface area contributed by atoms with Gasteiger partial charge in [-0.2, -0.15) is 0 Å². The lowest BCUT2D eigenvalue weighted by Gasteiger charge is -2.04. The number of hydrogen-bond donors (Lipinski definition) is 1. The molecule has 0 saturated carbocycles. The average Bonchev–Trinajstić information content (AvgIpc) is 2.17. The third-order valence-electron chi connectivity index (χ3n) is 1.61. The number of halogens is 1. The Bertz CT molecular complexity index is 280. The molecule has 1 N–H and O–H groups in total. The first-order valence-corrected chi connectivity index (χ1v) is 5.71. The van der Waals surface area contributed by atoms with Crippen molar-refractivity contribution in [1.29, 1.82) is 0 Å². The van der Waals surface area contributed by atoms with Crippen molar-refractivity contribution in [3.63, 3.8) is 0 Å². The lowest BCUT2D eigenvalue weighted by Crippen LogP contribution is -2.04. The van der Waals surface area contributed by atoms with Crippen molar-refractivity contribution in [2.24, 2.45) is 0 Å². The molecule has 0 aliphatic heterocycles. The highest BCUT2D eigenvalue weighted by Gasteiger charge is 2.02. The molecule has 0 aliphatic carbocycles. The molecule has 0 amide bonds. The summed E-state index contributed by atoms with van der Waals surface area (Å²) in [4.78, 5) is 10.9. The average molecular weight is 322 g/mol. The van der Waals surface area contributed by atoms with Gasteiger partial charge in [0.15, 0.2) is 0 Å². The number of allylic oxidation sites excluding steroid dienone is 2. The molecule has 15 heavy (non-hydrogen) atoms. The third kappa shape index (κ3) is 8.38. The fourth-order valence-electron chi connectivity index (χ4n) is 0.951. The van der Waals surface area contributed by atoms with E-state index in [-0.39, 0.29) is 0 Å². The van der Waals surface area contributed by atoms with E-state index in [0.717, 1.165) is 5.57 Å². The van der Waals surface area contributed by atoms with Crippen molar-refractivity contribution in [3.8, 4) is 0 Å². The Hall–Kier alpha value is -0.620. The summed E-state index contributed by atoms with van der Waals surface area (Å²) in [6, 6.07) is 0. The van der Waals surface area contributed by atoms with Crippen molar-refractivity contribution in [2.75, 3.05) is 7.11 Å². The molecule has 0 aromatic heterocycles. The molecule has 0 fully saturated rings. The Morgan fingerprint density at radius 3 is 2.73 bits per heavy atom. The van der Waals surface area contributed by atoms with Crippen LogP contribution in [0.15, 0.2) is 34.0 Å². The highest BCUT2D eigenvalue weighted by atomic mass is 127. The molecule has 0 spiro atoms. The highest BCUT2D eigenvalue weighted by Crippen LogP contribution is 2.06. The minimum Gasteiger partial charge on any atom is -0.466 e. The monoisotopic (exact) mass is 322 g/mol. The quantitative estimate of drug-likeness (QED) is 0.366. The number of methoxy groups -OCH3 is 1. The maximum atomic E-state index is 10.9. The van der Waals surface area contributed by atoms with Gasteiger partial charge in [-0.05, 0) is 17.4 Å². The molecule has 0 bridgehead atoms. The number of aliphatic hydroxyl groups is 1. The molecule has 0 rings (SSSR count). The van der Waals surface area contributed by atoms with Crippen LogP contribution in [0, 0.1) is 0 Å². The molecule has 0 aromatic carbocycles. The van der Waals surface area contributed by atoms with Gasteiger partial charge in [0.25, 0.3) is 0 Å². The first kappa shape index (κ1) is 14.4. The standard InChI is InChI=1S/C11H15IO3/c1-9(8-11(14)15-2)7-10(13)5-3-4-6-12/h3-6,8,10,13H,7H2,1-2H3/b5-3+,6-4+,9-8+/t10-/m0/s1. The molecule has 1 atom stereocenters. The largest absolute Gasteiger partial charge is 0.466 e. The molecular weight excluding hydrogens is 307 g/mol. The Kier molecular flexibility index (Phi) is 8.31. The molecule has 4 heteroatoms. The smallest absolute Gasteiger partial charge is 0.330 e. The number of rotatable bonds is 5. The predicted octanol–water partition coefficient (Wildman–Crippen LogP) is 2.36. The summed E-state index contributed by atoms with van der Waals surface area (Å²) in [7, 11) is 1.33. The van der Waals surface area contributed by atoms with Crippen LogP contribution in [-0.4, -0.2) is 24.3 Å². The number of carbonyl (C=O) groups excluding carboxylic acids is 1. The minimum absolute atomic E-state index is 0.393. The maximum Gasteiger partial charge on any atom is 0.330 e. The fraction of sp³-hybridized carbons (Fsp3) is 0.364. The summed E-state index contributed by atoms with van der Waals surface area (Å²) in [5.74, 6) is -0.393. The molecule has 0 saturated heterocycles. The van der Waals surface area contributed by atoms with E-state index < -0.39 is 12.1 Å². The van der Waals surface area contributed by atoms with Gasteiger partial charge in [0.2, 0.25) is 0 Å². The second-order valence-electron chi connectivity index (χ2n) is 2.99. The van der Waals surface area contributed by atoms with Crippen molar-refractivity contribution in [2.45, 2.75) is 19.4 Å². The molecule has 0 heterocycles. The van der Waals surface area contributed by atoms with Gasteiger partial charge in [0.05, 0.1) is 13.2 Å². The topological polar surface area (TPSA) is 46.5 Å². The van der Waals surface area contributed by atoms with E-state index in [1.54, 1.807) is 19.1 Å². The Morgan fingerprint density at radius 1 is 1.53 bits per heavy atom. The summed E-state index contributed by atoms with van der Waals surface area (Å²) in [6.45, 7) is 1.78. The van der Waals surface area contributed by atoms with Gasteiger partial charge >= 0.3 is 5.97 Å². The normalized spacial score (nSPS) is 14.8. The van der Waals surface area contributed by atoms with Crippen LogP contribution in [0.1, 0.15) is 13.3 Å². The molecule has 0 aliphatic rings. The molecule has 0 unspecified atom stereocenters. The van der Waals surface area contributed by atoms with Gasteiger partial charge in [-0.15, -0.1) is 0 Å². The fourth-order valence-corrected chi connectivity index (χ4v) is 1.19. The van der Waals surface area contributed by atoms with Gasteiger partial charge in [-0.25, -0.2) is 4.79 Å². The van der Waals surface area contributed by atoms with Crippen molar-refractivity contribution in [1.82, 2.24) is 0 Å². The summed E-state index contributed by atoms with van der Waals surface area (Å²) in [5, 5.41) is 9.52. The van der Waals surface area contributed by atoms with Gasteiger partial charge in [-0.1, -0.05) is 46.4 Å². The van der Waals surface area contributed by atoms with Crippen LogP contribution in [0.3, 0.4) is 0 Å². The lowest BCUT2D eigenvalue weighted by molar-refractivity contribution is -0.134. The molecule has 0 radical (unpaired) electrons. The van der Waals surface area contributed by atoms with Crippen LogP contribution in [-0.2, 0) is 9.53 Å². The summed E-state index contributed by atoms with van der Waals surface area (Å²) < 4.78 is 6.32. The molecular formula is C11H15IO3. The molecule has 84 valence electrons. The Labute approximate surface area is 104 Å². The Morgan fingerprint density at radius 2 is 2.20 bits per heavy atom. The van der Waals surface area contributed by atoms with Crippen molar-refractivity contribution >= 4 is 28.6 Å². The maximum absolute atomic E-state index is 10.9. The molecule has 3 nitrogen and oxygen atoms in total. The summed E-state index contributed by atoms with van der Waals surface area (Å²) in [5.41, 5.74) is 0.789. The first-order chi connectivity index (χ1) is 7.10. The highest BCUT2D eigenvalue weighted by molar-refractivity contribution is 14.1. The zero-order chi connectivity index (χ0) is 11.7. The van der Waals surface area contributed by atoms with E-state index in [4.69, 9.17) is 0 Å². The Balaban J connectivity index is 4.11. The van der Waals surface area contributed by atoms with Gasteiger partial charge in [0, 0.05) is 6.08 Å². The number of aliphatic hydroxyl groups excluding tert-OH is 1. The second-order valence-corrected chi connectivity index (χ2v) is 3.71. The third-order valence-corrected chi connectivity index (χ3v) is 2.03. The zero-order valence-corrected chi connectivity index (χ0v) is 11.0. The lowest BCUT2D eigenvalue weighted by atomic mass is 10.1. The minimum atomic E-state index is -0.571. The van der Waals surface area contributed by atoms with Crippen LogP contribution < -0.4 is 0 Å². The van der Waals surface area contributed by atoms with Crippen LogP contribution in [0.5, 0.6) is 0 Å². The van der Waals surface area contributed by atoms with Crippen LogP contribution in [0.25, 0.3) is 0 Å². The predicted molar refractivity (Wildman–Crippen MR) is 68.7 cm³/mol.